The lowest BCUT2D eigenvalue weighted by Crippen LogP contribution is -2.24. The summed E-state index contributed by atoms with van der Waals surface area (Å²) in [6.07, 6.45) is 0. The van der Waals surface area contributed by atoms with E-state index in [2.05, 4.69) is 4.99 Å². The molecular weight excluding hydrogens is 246 g/mol. The van der Waals surface area contributed by atoms with Gasteiger partial charge in [0, 0.05) is 5.39 Å². The third-order valence-electron chi connectivity index (χ3n) is 1.96. The van der Waals surface area contributed by atoms with E-state index in [1.54, 1.807) is 12.1 Å². The average Bonchev–Trinajstić information content (AvgIpc) is 2.61. The molecule has 0 aliphatic carbocycles. The predicted octanol–water partition coefficient (Wildman–Crippen LogP) is 0.974. The van der Waals surface area contributed by atoms with Crippen LogP contribution in [0.4, 0.5) is 0 Å². The van der Waals surface area contributed by atoms with Crippen molar-refractivity contribution in [3.63, 3.8) is 0 Å². The molecule has 1 aromatic heterocycles. The number of benzene rings is 1. The number of aliphatic imine (C=N–C) groups is 1. The van der Waals surface area contributed by atoms with Crippen molar-refractivity contribution in [1.82, 2.24) is 0 Å². The number of rotatable bonds is 1. The number of fused-ring (bicyclic) bond motifs is 1. The van der Waals surface area contributed by atoms with Crippen LogP contribution in [0.5, 0.6) is 5.75 Å². The van der Waals surface area contributed by atoms with E-state index in [0.29, 0.717) is 5.39 Å². The molecule has 0 radical (unpaired) electrons. The van der Waals surface area contributed by atoms with Crippen LogP contribution in [0.1, 0.15) is 10.6 Å². The smallest absolute Gasteiger partial charge is 0.315 e. The molecule has 0 unspecified atom stereocenters. The molecule has 0 spiro atoms. The maximum Gasteiger partial charge on any atom is 0.315 e. The number of halogens is 1. The fourth-order valence-electron chi connectivity index (χ4n) is 1.33. The molecule has 0 aliphatic heterocycles. The highest BCUT2D eigenvalue weighted by Crippen LogP contribution is 2.27. The zero-order chi connectivity index (χ0) is 11.7. The number of carbonyl (C=O) groups excluding carboxylic acids is 1. The van der Waals surface area contributed by atoms with Crippen LogP contribution in [-0.4, -0.2) is 17.0 Å². The summed E-state index contributed by atoms with van der Waals surface area (Å²) in [5, 5.41) is 10.1. The summed E-state index contributed by atoms with van der Waals surface area (Å²) >= 11 is 0. The first kappa shape index (κ1) is 12.9. The standard InChI is InChI=1S/C10H9N3O3.ClH/c11-10(12)13-9(15)7-4-5-2-1-3-6(14)8(5)16-7;/h1-4,14H,(H4,11,12,13,15);1H. The molecule has 1 amide bonds. The fraction of sp³-hybridized carbons (Fsp3) is 0. The zero-order valence-electron chi connectivity index (χ0n) is 8.58. The van der Waals surface area contributed by atoms with Crippen molar-refractivity contribution in [3.8, 4) is 5.75 Å². The fourth-order valence-corrected chi connectivity index (χ4v) is 1.33. The number of nitrogens with two attached hydrogens (primary N) is 2. The minimum absolute atomic E-state index is 0. The first-order chi connectivity index (χ1) is 7.58. The summed E-state index contributed by atoms with van der Waals surface area (Å²) in [4.78, 5) is 14.7. The summed E-state index contributed by atoms with van der Waals surface area (Å²) in [5.41, 5.74) is 10.4. The van der Waals surface area contributed by atoms with Gasteiger partial charge in [-0.25, -0.2) is 0 Å². The number of phenolic OH excluding ortho intramolecular Hbond substituents is 1. The molecule has 0 saturated heterocycles. The molecule has 17 heavy (non-hydrogen) atoms. The molecule has 0 saturated carbocycles. The number of carbonyl (C=O) groups is 1. The van der Waals surface area contributed by atoms with Gasteiger partial charge in [-0.1, -0.05) is 12.1 Å². The summed E-state index contributed by atoms with van der Waals surface area (Å²) in [7, 11) is 0. The van der Waals surface area contributed by atoms with Gasteiger partial charge in [0.25, 0.3) is 0 Å². The lowest BCUT2D eigenvalue weighted by atomic mass is 10.2. The molecule has 2 aromatic rings. The van der Waals surface area contributed by atoms with Crippen LogP contribution >= 0.6 is 12.4 Å². The van der Waals surface area contributed by atoms with E-state index in [0.717, 1.165) is 0 Å². The lowest BCUT2D eigenvalue weighted by molar-refractivity contribution is 0.0978. The molecule has 7 heteroatoms. The number of amides is 1. The molecule has 1 aromatic carbocycles. The Morgan fingerprint density at radius 1 is 1.35 bits per heavy atom. The molecule has 1 heterocycles. The number of guanidine groups is 1. The predicted molar refractivity (Wildman–Crippen MR) is 65.3 cm³/mol. The number of phenols is 1. The van der Waals surface area contributed by atoms with Crippen LogP contribution in [0, 0.1) is 0 Å². The van der Waals surface area contributed by atoms with Crippen LogP contribution in [0.15, 0.2) is 33.7 Å². The van der Waals surface area contributed by atoms with E-state index >= 15 is 0 Å². The Balaban J connectivity index is 0.00000144. The Labute approximate surface area is 102 Å². The zero-order valence-corrected chi connectivity index (χ0v) is 9.40. The molecule has 0 aliphatic rings. The van der Waals surface area contributed by atoms with Gasteiger partial charge in [0.05, 0.1) is 0 Å². The number of aromatic hydroxyl groups is 1. The van der Waals surface area contributed by atoms with Crippen LogP contribution in [0.25, 0.3) is 11.0 Å². The number of nitrogens with zero attached hydrogens (tertiary/aromatic N) is 1. The van der Waals surface area contributed by atoms with Gasteiger partial charge in [-0.3, -0.25) is 4.79 Å². The monoisotopic (exact) mass is 255 g/mol. The van der Waals surface area contributed by atoms with Crippen LogP contribution in [0.3, 0.4) is 0 Å². The second-order valence-corrected chi connectivity index (χ2v) is 3.15. The van der Waals surface area contributed by atoms with Crippen molar-refractivity contribution in [2.24, 2.45) is 16.5 Å². The van der Waals surface area contributed by atoms with E-state index in [4.69, 9.17) is 15.9 Å². The second kappa shape index (κ2) is 4.75. The highest BCUT2D eigenvalue weighted by atomic mass is 35.5. The quantitative estimate of drug-likeness (QED) is 0.519. The Bertz CT molecular complexity index is 587. The molecule has 0 bridgehead atoms. The maximum atomic E-state index is 11.4. The third-order valence-corrected chi connectivity index (χ3v) is 1.96. The van der Waals surface area contributed by atoms with Crippen molar-refractivity contribution in [1.29, 1.82) is 0 Å². The molecule has 5 N–H and O–H groups in total. The molecule has 90 valence electrons. The van der Waals surface area contributed by atoms with Gasteiger partial charge < -0.3 is 21.0 Å². The van der Waals surface area contributed by atoms with Crippen molar-refractivity contribution in [2.75, 3.05) is 0 Å². The van der Waals surface area contributed by atoms with Crippen molar-refractivity contribution < 1.29 is 14.3 Å². The second-order valence-electron chi connectivity index (χ2n) is 3.15. The Kier molecular flexibility index (Phi) is 3.59. The van der Waals surface area contributed by atoms with Gasteiger partial charge in [0.2, 0.25) is 0 Å². The van der Waals surface area contributed by atoms with Crippen molar-refractivity contribution >= 4 is 35.2 Å². The minimum atomic E-state index is -0.685. The lowest BCUT2D eigenvalue weighted by Gasteiger charge is -1.91. The Hall–Kier alpha value is -2.21. The van der Waals surface area contributed by atoms with Crippen LogP contribution in [-0.2, 0) is 0 Å². The molecule has 6 nitrogen and oxygen atoms in total. The highest BCUT2D eigenvalue weighted by Gasteiger charge is 2.13. The summed E-state index contributed by atoms with van der Waals surface area (Å²) < 4.78 is 5.14. The number of hydrogen-bond donors (Lipinski definition) is 3. The largest absolute Gasteiger partial charge is 0.504 e. The van der Waals surface area contributed by atoms with Crippen LogP contribution in [0.2, 0.25) is 0 Å². The maximum absolute atomic E-state index is 11.4. The van der Waals surface area contributed by atoms with E-state index in [9.17, 15) is 9.90 Å². The van der Waals surface area contributed by atoms with Gasteiger partial charge in [-0.05, 0) is 12.1 Å². The molecule has 2 rings (SSSR count). The number of hydrogen-bond acceptors (Lipinski definition) is 3. The van der Waals surface area contributed by atoms with Gasteiger partial charge in [0.1, 0.15) is 0 Å². The van der Waals surface area contributed by atoms with Gasteiger partial charge in [0.15, 0.2) is 23.1 Å². The van der Waals surface area contributed by atoms with Gasteiger partial charge >= 0.3 is 5.91 Å². The topological polar surface area (TPSA) is 115 Å². The number of para-hydroxylation sites is 1. The van der Waals surface area contributed by atoms with Crippen LogP contribution < -0.4 is 11.5 Å². The highest BCUT2D eigenvalue weighted by molar-refractivity contribution is 6.02. The number of furan rings is 1. The Morgan fingerprint density at radius 3 is 2.65 bits per heavy atom. The summed E-state index contributed by atoms with van der Waals surface area (Å²) in [6.45, 7) is 0. The van der Waals surface area contributed by atoms with E-state index in [1.165, 1.54) is 12.1 Å². The SMILES string of the molecule is Cl.NC(N)=NC(=O)c1cc2cccc(O)c2o1. The first-order valence-corrected chi connectivity index (χ1v) is 4.43. The molecule has 0 fully saturated rings. The van der Waals surface area contributed by atoms with Crippen molar-refractivity contribution in [2.45, 2.75) is 0 Å². The molecule has 0 atom stereocenters. The summed E-state index contributed by atoms with van der Waals surface area (Å²) in [5.74, 6) is -1.09. The van der Waals surface area contributed by atoms with Crippen molar-refractivity contribution in [3.05, 3.63) is 30.0 Å². The normalized spacial score (nSPS) is 9.65. The van der Waals surface area contributed by atoms with Gasteiger partial charge in [-0.15, -0.1) is 12.4 Å². The minimum Gasteiger partial charge on any atom is -0.504 e. The van der Waals surface area contributed by atoms with E-state index < -0.39 is 5.91 Å². The first-order valence-electron chi connectivity index (χ1n) is 4.43. The summed E-state index contributed by atoms with van der Waals surface area (Å²) in [6, 6.07) is 6.26. The average molecular weight is 256 g/mol. The van der Waals surface area contributed by atoms with E-state index in [-0.39, 0.29) is 35.5 Å². The van der Waals surface area contributed by atoms with Gasteiger partial charge in [-0.2, -0.15) is 4.99 Å². The van der Waals surface area contributed by atoms with E-state index in [1.807, 2.05) is 0 Å². The third kappa shape index (κ3) is 2.48. The Morgan fingerprint density at radius 2 is 2.06 bits per heavy atom. The molecular formula is C10H10ClN3O3.